The van der Waals surface area contributed by atoms with Crippen LogP contribution in [0.5, 0.6) is 0 Å². The number of halogens is 1. The Kier molecular flexibility index (Phi) is 8.35. The van der Waals surface area contributed by atoms with Crippen molar-refractivity contribution >= 4 is 40.8 Å². The van der Waals surface area contributed by atoms with Crippen LogP contribution in [0, 0.1) is 6.92 Å². The molecule has 28 heavy (non-hydrogen) atoms. The Morgan fingerprint density at radius 1 is 1.29 bits per heavy atom. The van der Waals surface area contributed by atoms with Gasteiger partial charge in [0.1, 0.15) is 6.54 Å². The smallest absolute Gasteiger partial charge is 0.191 e. The van der Waals surface area contributed by atoms with Gasteiger partial charge in [-0.3, -0.25) is 0 Å². The SMILES string of the molecule is CCNC(=NCc1cc(C(C)C)no1)NCCc1c[nH]c2cccc(C)c12.I. The second-order valence-electron chi connectivity index (χ2n) is 7.06. The van der Waals surface area contributed by atoms with Crippen molar-refractivity contribution in [1.82, 2.24) is 20.8 Å². The number of fused-ring (bicyclic) bond motifs is 1. The van der Waals surface area contributed by atoms with Crippen LogP contribution < -0.4 is 10.6 Å². The van der Waals surface area contributed by atoms with Gasteiger partial charge in [-0.25, -0.2) is 4.99 Å². The number of rotatable bonds is 7. The number of hydrogen-bond acceptors (Lipinski definition) is 3. The van der Waals surface area contributed by atoms with Crippen LogP contribution in [-0.4, -0.2) is 29.2 Å². The summed E-state index contributed by atoms with van der Waals surface area (Å²) >= 11 is 0. The summed E-state index contributed by atoms with van der Waals surface area (Å²) in [6, 6.07) is 8.34. The third-order valence-electron chi connectivity index (χ3n) is 4.59. The fourth-order valence-electron chi connectivity index (χ4n) is 3.14. The van der Waals surface area contributed by atoms with Crippen LogP contribution in [0.15, 0.2) is 40.0 Å². The average molecular weight is 495 g/mol. The zero-order chi connectivity index (χ0) is 19.2. The Morgan fingerprint density at radius 3 is 2.82 bits per heavy atom. The predicted molar refractivity (Wildman–Crippen MR) is 126 cm³/mol. The quantitative estimate of drug-likeness (QED) is 0.256. The maximum absolute atomic E-state index is 5.36. The molecule has 0 radical (unpaired) electrons. The van der Waals surface area contributed by atoms with Gasteiger partial charge in [-0.2, -0.15) is 0 Å². The lowest BCUT2D eigenvalue weighted by atomic mass is 10.1. The van der Waals surface area contributed by atoms with Crippen molar-refractivity contribution in [3.8, 4) is 0 Å². The molecule has 0 atom stereocenters. The number of aromatic nitrogens is 2. The average Bonchev–Trinajstić information content (AvgIpc) is 3.28. The Bertz CT molecular complexity index is 913. The molecule has 1 aromatic carbocycles. The lowest BCUT2D eigenvalue weighted by Crippen LogP contribution is -2.38. The zero-order valence-corrected chi connectivity index (χ0v) is 19.3. The van der Waals surface area contributed by atoms with Gasteiger partial charge < -0.3 is 20.1 Å². The van der Waals surface area contributed by atoms with E-state index >= 15 is 0 Å². The number of aryl methyl sites for hydroxylation is 1. The van der Waals surface area contributed by atoms with Crippen LogP contribution in [0.25, 0.3) is 10.9 Å². The highest BCUT2D eigenvalue weighted by Crippen LogP contribution is 2.22. The van der Waals surface area contributed by atoms with Crippen molar-refractivity contribution in [2.24, 2.45) is 4.99 Å². The van der Waals surface area contributed by atoms with Crippen LogP contribution >= 0.6 is 24.0 Å². The molecule has 0 aliphatic heterocycles. The van der Waals surface area contributed by atoms with E-state index in [1.807, 2.05) is 6.07 Å². The molecule has 7 heteroatoms. The van der Waals surface area contributed by atoms with Crippen LogP contribution in [0.2, 0.25) is 0 Å². The summed E-state index contributed by atoms with van der Waals surface area (Å²) in [5, 5.41) is 12.1. The minimum atomic E-state index is 0. The molecule has 2 heterocycles. The van der Waals surface area contributed by atoms with Crippen LogP contribution in [0.3, 0.4) is 0 Å². The maximum Gasteiger partial charge on any atom is 0.191 e. The molecule has 0 bridgehead atoms. The van der Waals surface area contributed by atoms with Gasteiger partial charge in [0.2, 0.25) is 0 Å². The number of H-pyrrole nitrogens is 1. The summed E-state index contributed by atoms with van der Waals surface area (Å²) in [6.45, 7) is 10.5. The first-order valence-corrected chi connectivity index (χ1v) is 9.61. The molecule has 0 spiro atoms. The lowest BCUT2D eigenvalue weighted by Gasteiger charge is -2.11. The number of nitrogens with one attached hydrogen (secondary N) is 3. The summed E-state index contributed by atoms with van der Waals surface area (Å²) in [5.74, 6) is 1.93. The molecule has 0 saturated carbocycles. The summed E-state index contributed by atoms with van der Waals surface area (Å²) in [6.07, 6.45) is 3.03. The molecule has 0 fully saturated rings. The van der Waals surface area contributed by atoms with E-state index in [9.17, 15) is 0 Å². The summed E-state index contributed by atoms with van der Waals surface area (Å²) < 4.78 is 5.36. The topological polar surface area (TPSA) is 78.2 Å². The van der Waals surface area contributed by atoms with E-state index in [2.05, 4.69) is 77.9 Å². The van der Waals surface area contributed by atoms with Crippen molar-refractivity contribution in [3.63, 3.8) is 0 Å². The Morgan fingerprint density at radius 2 is 2.11 bits per heavy atom. The van der Waals surface area contributed by atoms with Gasteiger partial charge in [0.05, 0.1) is 5.69 Å². The van der Waals surface area contributed by atoms with Gasteiger partial charge in [-0.05, 0) is 43.4 Å². The second kappa shape index (κ2) is 10.5. The Hall–Kier alpha value is -2.03. The van der Waals surface area contributed by atoms with E-state index in [0.29, 0.717) is 12.5 Å². The zero-order valence-electron chi connectivity index (χ0n) is 17.0. The number of nitrogens with zero attached hydrogens (tertiary/aromatic N) is 2. The highest BCUT2D eigenvalue weighted by atomic mass is 127. The number of aliphatic imine (C=N–C) groups is 1. The highest BCUT2D eigenvalue weighted by molar-refractivity contribution is 14.0. The first kappa shape index (κ1) is 22.3. The van der Waals surface area contributed by atoms with Gasteiger partial charge >= 0.3 is 0 Å². The van der Waals surface area contributed by atoms with Crippen molar-refractivity contribution in [2.75, 3.05) is 13.1 Å². The van der Waals surface area contributed by atoms with E-state index in [-0.39, 0.29) is 24.0 Å². The predicted octanol–water partition coefficient (Wildman–Crippen LogP) is 4.50. The third kappa shape index (κ3) is 5.50. The molecular formula is C21H30IN5O. The van der Waals surface area contributed by atoms with Crippen LogP contribution in [0.1, 0.15) is 49.3 Å². The normalized spacial score (nSPS) is 11.7. The first-order valence-electron chi connectivity index (χ1n) is 9.61. The molecule has 0 amide bonds. The number of benzene rings is 1. The van der Waals surface area contributed by atoms with E-state index in [4.69, 9.17) is 4.52 Å². The van der Waals surface area contributed by atoms with Gasteiger partial charge in [0, 0.05) is 36.3 Å². The van der Waals surface area contributed by atoms with Crippen molar-refractivity contribution in [1.29, 1.82) is 0 Å². The fraction of sp³-hybridized carbons (Fsp3) is 0.429. The molecule has 152 valence electrons. The molecule has 0 aliphatic rings. The fourth-order valence-corrected chi connectivity index (χ4v) is 3.14. The van der Waals surface area contributed by atoms with Crippen molar-refractivity contribution in [2.45, 2.75) is 46.6 Å². The Labute approximate surface area is 183 Å². The number of aromatic amines is 1. The largest absolute Gasteiger partial charge is 0.361 e. The molecule has 0 aliphatic carbocycles. The van der Waals surface area contributed by atoms with Crippen LogP contribution in [0.4, 0.5) is 0 Å². The molecule has 0 saturated heterocycles. The van der Waals surface area contributed by atoms with E-state index < -0.39 is 0 Å². The van der Waals surface area contributed by atoms with Gasteiger partial charge in [-0.1, -0.05) is 31.1 Å². The maximum atomic E-state index is 5.36. The minimum absolute atomic E-state index is 0. The van der Waals surface area contributed by atoms with E-state index in [1.54, 1.807) is 0 Å². The second-order valence-corrected chi connectivity index (χ2v) is 7.06. The lowest BCUT2D eigenvalue weighted by molar-refractivity contribution is 0.376. The molecule has 6 nitrogen and oxygen atoms in total. The summed E-state index contributed by atoms with van der Waals surface area (Å²) in [7, 11) is 0. The van der Waals surface area contributed by atoms with E-state index in [0.717, 1.165) is 36.9 Å². The molecular weight excluding hydrogens is 465 g/mol. The summed E-state index contributed by atoms with van der Waals surface area (Å²) in [5.41, 5.74) is 4.78. The molecule has 3 aromatic rings. The van der Waals surface area contributed by atoms with Gasteiger partial charge in [-0.15, -0.1) is 24.0 Å². The molecule has 3 rings (SSSR count). The minimum Gasteiger partial charge on any atom is -0.361 e. The Balaban J connectivity index is 0.00000280. The van der Waals surface area contributed by atoms with Gasteiger partial charge in [0.15, 0.2) is 11.7 Å². The standard InChI is InChI=1S/C21H29N5O.HI/c1-5-22-21(25-13-17-11-19(14(2)3)26-27-17)23-10-9-16-12-24-18-8-6-7-15(4)20(16)18;/h6-8,11-12,14,24H,5,9-10,13H2,1-4H3,(H2,22,23,25);1H. The number of guanidine groups is 1. The van der Waals surface area contributed by atoms with Crippen LogP contribution in [-0.2, 0) is 13.0 Å². The molecule has 2 aromatic heterocycles. The number of hydrogen-bond donors (Lipinski definition) is 3. The van der Waals surface area contributed by atoms with E-state index in [1.165, 1.54) is 22.0 Å². The van der Waals surface area contributed by atoms with Gasteiger partial charge in [0.25, 0.3) is 0 Å². The van der Waals surface area contributed by atoms with Crippen molar-refractivity contribution < 1.29 is 4.52 Å². The monoisotopic (exact) mass is 495 g/mol. The third-order valence-corrected chi connectivity index (χ3v) is 4.59. The van der Waals surface area contributed by atoms with Crippen molar-refractivity contribution in [3.05, 3.63) is 53.0 Å². The summed E-state index contributed by atoms with van der Waals surface area (Å²) in [4.78, 5) is 7.97. The first-order chi connectivity index (χ1) is 13.1. The highest BCUT2D eigenvalue weighted by Gasteiger charge is 2.08. The molecule has 3 N–H and O–H groups in total. The molecule has 0 unspecified atom stereocenters.